The van der Waals surface area contributed by atoms with Gasteiger partial charge in [0.05, 0.1) is 5.71 Å². The predicted molar refractivity (Wildman–Crippen MR) is 102 cm³/mol. The number of rotatable bonds is 6. The van der Waals surface area contributed by atoms with Crippen molar-refractivity contribution >= 4 is 23.2 Å². The fourth-order valence-corrected chi connectivity index (χ4v) is 2.24. The first-order valence-corrected chi connectivity index (χ1v) is 8.35. The maximum Gasteiger partial charge on any atom is 0.240 e. The average Bonchev–Trinajstić information content (AvgIpc) is 2.61. The lowest BCUT2D eigenvalue weighted by molar-refractivity contribution is -0.124. The Morgan fingerprint density at radius 2 is 1.62 bits per heavy atom. The number of aryl methyl sites for hydroxylation is 2. The topological polar surface area (TPSA) is 90.8 Å². The van der Waals surface area contributed by atoms with Crippen LogP contribution in [0.3, 0.4) is 0 Å². The molecule has 0 fully saturated rings. The minimum Gasteiger partial charge on any atom is -0.508 e. The molecule has 2 rings (SSSR count). The number of phenols is 1. The van der Waals surface area contributed by atoms with Gasteiger partial charge in [-0.05, 0) is 73.9 Å². The summed E-state index contributed by atoms with van der Waals surface area (Å²) in [7, 11) is 0. The van der Waals surface area contributed by atoms with Crippen LogP contribution in [-0.4, -0.2) is 22.6 Å². The molecule has 0 atom stereocenters. The van der Waals surface area contributed by atoms with Crippen molar-refractivity contribution in [3.63, 3.8) is 0 Å². The van der Waals surface area contributed by atoms with Crippen molar-refractivity contribution in [2.24, 2.45) is 5.10 Å². The molecule has 0 unspecified atom stereocenters. The van der Waals surface area contributed by atoms with Crippen molar-refractivity contribution in [3.05, 3.63) is 59.2 Å². The number of carbonyl (C=O) groups is 2. The van der Waals surface area contributed by atoms with Crippen molar-refractivity contribution in [3.8, 4) is 5.75 Å². The van der Waals surface area contributed by atoms with Gasteiger partial charge in [0.2, 0.25) is 11.8 Å². The highest BCUT2D eigenvalue weighted by atomic mass is 16.3. The van der Waals surface area contributed by atoms with Gasteiger partial charge >= 0.3 is 0 Å². The van der Waals surface area contributed by atoms with Crippen molar-refractivity contribution in [1.29, 1.82) is 0 Å². The molecule has 0 radical (unpaired) electrons. The molecule has 0 spiro atoms. The molecule has 2 amide bonds. The summed E-state index contributed by atoms with van der Waals surface area (Å²) in [6, 6.07) is 12.2. The Morgan fingerprint density at radius 1 is 0.962 bits per heavy atom. The van der Waals surface area contributed by atoms with E-state index in [2.05, 4.69) is 15.8 Å². The van der Waals surface area contributed by atoms with E-state index in [0.717, 1.165) is 22.4 Å². The molecule has 0 aromatic heterocycles. The van der Waals surface area contributed by atoms with Crippen LogP contribution in [0.2, 0.25) is 0 Å². The standard InChI is InChI=1S/C20H23N3O3/c1-13-4-7-17(12-14(13)2)21-19(25)10-11-20(26)23-22-15(3)16-5-8-18(24)9-6-16/h4-9,12,24H,10-11H2,1-3H3,(H,21,25)(H,23,26)/b22-15+. The fourth-order valence-electron chi connectivity index (χ4n) is 2.24. The molecule has 0 aliphatic heterocycles. The Bertz CT molecular complexity index is 827. The minimum absolute atomic E-state index is 0.0447. The molecule has 0 saturated heterocycles. The van der Waals surface area contributed by atoms with Crippen molar-refractivity contribution in [2.75, 3.05) is 5.32 Å². The summed E-state index contributed by atoms with van der Waals surface area (Å²) in [4.78, 5) is 23.8. The number of benzene rings is 2. The van der Waals surface area contributed by atoms with Crippen LogP contribution < -0.4 is 10.7 Å². The number of carbonyl (C=O) groups excluding carboxylic acids is 2. The third-order valence-corrected chi connectivity index (χ3v) is 4.00. The Labute approximate surface area is 152 Å². The van der Waals surface area contributed by atoms with Gasteiger partial charge in [0, 0.05) is 18.5 Å². The second-order valence-corrected chi connectivity index (χ2v) is 6.13. The summed E-state index contributed by atoms with van der Waals surface area (Å²) < 4.78 is 0. The number of phenolic OH excluding ortho intramolecular Hbond substituents is 1. The Balaban J connectivity index is 1.80. The van der Waals surface area contributed by atoms with Crippen LogP contribution in [0.4, 0.5) is 5.69 Å². The molecule has 6 heteroatoms. The molecule has 3 N–H and O–H groups in total. The maximum absolute atomic E-state index is 12.0. The molecule has 2 aromatic rings. The molecule has 2 aromatic carbocycles. The SMILES string of the molecule is C/C(=N\NC(=O)CCC(=O)Nc1ccc(C)c(C)c1)c1ccc(O)cc1. The minimum atomic E-state index is -0.335. The smallest absolute Gasteiger partial charge is 0.240 e. The first-order chi connectivity index (χ1) is 12.3. The monoisotopic (exact) mass is 353 g/mol. The molecule has 0 saturated carbocycles. The van der Waals surface area contributed by atoms with Crippen LogP contribution in [0.25, 0.3) is 0 Å². The largest absolute Gasteiger partial charge is 0.508 e. The normalized spacial score (nSPS) is 11.1. The zero-order chi connectivity index (χ0) is 19.1. The van der Waals surface area contributed by atoms with E-state index in [4.69, 9.17) is 0 Å². The number of aromatic hydroxyl groups is 1. The second kappa shape index (κ2) is 8.80. The van der Waals surface area contributed by atoms with E-state index in [1.165, 1.54) is 0 Å². The maximum atomic E-state index is 12.0. The van der Waals surface area contributed by atoms with Gasteiger partial charge in [-0.3, -0.25) is 9.59 Å². The van der Waals surface area contributed by atoms with Gasteiger partial charge in [-0.25, -0.2) is 5.43 Å². The van der Waals surface area contributed by atoms with E-state index >= 15 is 0 Å². The van der Waals surface area contributed by atoms with Crippen LogP contribution >= 0.6 is 0 Å². The molecule has 0 aliphatic carbocycles. The third kappa shape index (κ3) is 5.73. The van der Waals surface area contributed by atoms with Gasteiger partial charge in [0.25, 0.3) is 0 Å². The van der Waals surface area contributed by atoms with E-state index < -0.39 is 0 Å². The highest BCUT2D eigenvalue weighted by molar-refractivity contribution is 5.99. The van der Waals surface area contributed by atoms with E-state index in [1.54, 1.807) is 31.2 Å². The Hall–Kier alpha value is -3.15. The van der Waals surface area contributed by atoms with Gasteiger partial charge in [-0.1, -0.05) is 6.07 Å². The first kappa shape index (κ1) is 19.2. The van der Waals surface area contributed by atoms with Crippen LogP contribution in [0.1, 0.15) is 36.5 Å². The fraction of sp³-hybridized carbons (Fsp3) is 0.250. The molecular weight excluding hydrogens is 330 g/mol. The van der Waals surface area contributed by atoms with Crippen molar-refractivity contribution < 1.29 is 14.7 Å². The summed E-state index contributed by atoms with van der Waals surface area (Å²) in [5.41, 5.74) is 6.81. The average molecular weight is 353 g/mol. The lowest BCUT2D eigenvalue weighted by atomic mass is 10.1. The summed E-state index contributed by atoms with van der Waals surface area (Å²) >= 11 is 0. The van der Waals surface area contributed by atoms with Crippen LogP contribution in [0.5, 0.6) is 5.75 Å². The molecule has 0 aliphatic rings. The lowest BCUT2D eigenvalue weighted by Crippen LogP contribution is -2.21. The van der Waals surface area contributed by atoms with E-state index in [0.29, 0.717) is 5.71 Å². The van der Waals surface area contributed by atoms with E-state index in [9.17, 15) is 14.7 Å². The lowest BCUT2D eigenvalue weighted by Gasteiger charge is -2.07. The summed E-state index contributed by atoms with van der Waals surface area (Å²) in [5.74, 6) is -0.388. The zero-order valence-electron chi connectivity index (χ0n) is 15.2. The predicted octanol–water partition coefficient (Wildman–Crippen LogP) is 3.27. The Morgan fingerprint density at radius 3 is 2.27 bits per heavy atom. The van der Waals surface area contributed by atoms with Gasteiger partial charge in [0.1, 0.15) is 5.75 Å². The summed E-state index contributed by atoms with van der Waals surface area (Å²) in [6.45, 7) is 5.73. The second-order valence-electron chi connectivity index (χ2n) is 6.13. The summed E-state index contributed by atoms with van der Waals surface area (Å²) in [5, 5.41) is 16.1. The van der Waals surface area contributed by atoms with Gasteiger partial charge < -0.3 is 10.4 Å². The number of nitrogens with zero attached hydrogens (tertiary/aromatic N) is 1. The number of anilines is 1. The number of hydrazone groups is 1. The van der Waals surface area contributed by atoms with E-state index in [1.807, 2.05) is 32.0 Å². The number of hydrogen-bond donors (Lipinski definition) is 3. The number of nitrogens with one attached hydrogen (secondary N) is 2. The number of amides is 2. The molecule has 26 heavy (non-hydrogen) atoms. The van der Waals surface area contributed by atoms with Gasteiger partial charge in [-0.15, -0.1) is 0 Å². The quantitative estimate of drug-likeness (QED) is 0.550. The third-order valence-electron chi connectivity index (χ3n) is 4.00. The van der Waals surface area contributed by atoms with Gasteiger partial charge in [-0.2, -0.15) is 5.10 Å². The molecule has 6 nitrogen and oxygen atoms in total. The highest BCUT2D eigenvalue weighted by Gasteiger charge is 2.08. The summed E-state index contributed by atoms with van der Waals surface area (Å²) in [6.07, 6.45) is 0.121. The molecule has 0 bridgehead atoms. The van der Waals surface area contributed by atoms with Crippen LogP contribution in [-0.2, 0) is 9.59 Å². The molecule has 136 valence electrons. The highest BCUT2D eigenvalue weighted by Crippen LogP contribution is 2.14. The Kier molecular flexibility index (Phi) is 6.49. The van der Waals surface area contributed by atoms with E-state index in [-0.39, 0.29) is 30.4 Å². The molecule has 0 heterocycles. The zero-order valence-corrected chi connectivity index (χ0v) is 15.2. The number of hydrogen-bond acceptors (Lipinski definition) is 4. The first-order valence-electron chi connectivity index (χ1n) is 8.35. The van der Waals surface area contributed by atoms with Gasteiger partial charge in [0.15, 0.2) is 0 Å². The van der Waals surface area contributed by atoms with Crippen molar-refractivity contribution in [2.45, 2.75) is 33.6 Å². The molecular formula is C20H23N3O3. The van der Waals surface area contributed by atoms with Crippen molar-refractivity contribution in [1.82, 2.24) is 5.43 Å². The van der Waals surface area contributed by atoms with Crippen LogP contribution in [0.15, 0.2) is 47.6 Å². The van der Waals surface area contributed by atoms with Crippen LogP contribution in [0, 0.1) is 13.8 Å².